The lowest BCUT2D eigenvalue weighted by Gasteiger charge is -2.02. The Morgan fingerprint density at radius 1 is 1.64 bits per heavy atom. The summed E-state index contributed by atoms with van der Waals surface area (Å²) in [4.78, 5) is 12.6. The Morgan fingerprint density at radius 3 is 2.71 bits per heavy atom. The van der Waals surface area contributed by atoms with E-state index in [0.29, 0.717) is 0 Å². The fourth-order valence-corrected chi connectivity index (χ4v) is 0.879. The molecular formula is C7H6F2N2O3. The number of aromatic nitrogens is 1. The van der Waals surface area contributed by atoms with Crippen molar-refractivity contribution >= 4 is 5.82 Å². The van der Waals surface area contributed by atoms with E-state index in [1.807, 2.05) is 0 Å². The van der Waals surface area contributed by atoms with Crippen LogP contribution in [0, 0.1) is 10.1 Å². The van der Waals surface area contributed by atoms with Crippen molar-refractivity contribution in [2.45, 2.75) is 6.43 Å². The molecule has 76 valence electrons. The molecule has 0 N–H and O–H groups in total. The standard InChI is InChI=1S/C7H6F2N2O3/c1-14-4-2-5(6(8)9)7(10-3-4)11(12)13/h2-3,6H,1H3. The fourth-order valence-electron chi connectivity index (χ4n) is 0.879. The second kappa shape index (κ2) is 3.95. The number of ether oxygens (including phenoxy) is 1. The topological polar surface area (TPSA) is 65.3 Å². The summed E-state index contributed by atoms with van der Waals surface area (Å²) in [5, 5.41) is 10.3. The first-order chi connectivity index (χ1) is 6.56. The summed E-state index contributed by atoms with van der Waals surface area (Å²) < 4.78 is 29.2. The molecule has 5 nitrogen and oxygen atoms in total. The molecule has 0 amide bonds. The maximum Gasteiger partial charge on any atom is 0.372 e. The van der Waals surface area contributed by atoms with Gasteiger partial charge in [0.15, 0.2) is 11.9 Å². The van der Waals surface area contributed by atoms with Gasteiger partial charge in [-0.1, -0.05) is 0 Å². The zero-order chi connectivity index (χ0) is 10.7. The van der Waals surface area contributed by atoms with E-state index in [9.17, 15) is 18.9 Å². The number of nitro groups is 1. The van der Waals surface area contributed by atoms with Gasteiger partial charge in [-0.15, -0.1) is 0 Å². The Hall–Kier alpha value is -1.79. The monoisotopic (exact) mass is 204 g/mol. The Kier molecular flexibility index (Phi) is 2.90. The summed E-state index contributed by atoms with van der Waals surface area (Å²) in [6.07, 6.45) is -1.93. The van der Waals surface area contributed by atoms with Gasteiger partial charge in [-0.2, -0.15) is 0 Å². The van der Waals surface area contributed by atoms with Gasteiger partial charge >= 0.3 is 5.82 Å². The van der Waals surface area contributed by atoms with Crippen LogP contribution >= 0.6 is 0 Å². The minimum absolute atomic E-state index is 0.0610. The summed E-state index contributed by atoms with van der Waals surface area (Å²) in [7, 11) is 1.26. The highest BCUT2D eigenvalue weighted by atomic mass is 19.3. The van der Waals surface area contributed by atoms with Crippen LogP contribution < -0.4 is 4.74 Å². The number of alkyl halides is 2. The molecule has 0 spiro atoms. The van der Waals surface area contributed by atoms with E-state index in [4.69, 9.17) is 0 Å². The van der Waals surface area contributed by atoms with Gasteiger partial charge in [0.25, 0.3) is 6.43 Å². The quantitative estimate of drug-likeness (QED) is 0.557. The van der Waals surface area contributed by atoms with Crippen LogP contribution in [0.15, 0.2) is 12.3 Å². The first-order valence-corrected chi connectivity index (χ1v) is 3.52. The summed E-state index contributed by atoms with van der Waals surface area (Å²) in [6.45, 7) is 0. The molecule has 1 rings (SSSR count). The average molecular weight is 204 g/mol. The van der Waals surface area contributed by atoms with E-state index in [0.717, 1.165) is 12.3 Å². The molecule has 1 aromatic heterocycles. The third-order valence-electron chi connectivity index (χ3n) is 1.51. The highest BCUT2D eigenvalue weighted by molar-refractivity contribution is 5.38. The zero-order valence-corrected chi connectivity index (χ0v) is 7.11. The van der Waals surface area contributed by atoms with Crippen LogP contribution in [0.2, 0.25) is 0 Å². The van der Waals surface area contributed by atoms with Crippen LogP contribution in [0.3, 0.4) is 0 Å². The second-order valence-electron chi connectivity index (χ2n) is 2.35. The lowest BCUT2D eigenvalue weighted by atomic mass is 10.2. The molecule has 1 heterocycles. The van der Waals surface area contributed by atoms with E-state index in [-0.39, 0.29) is 5.75 Å². The van der Waals surface area contributed by atoms with Crippen molar-refractivity contribution in [1.29, 1.82) is 0 Å². The second-order valence-corrected chi connectivity index (χ2v) is 2.35. The van der Waals surface area contributed by atoms with Crippen LogP contribution in [0.25, 0.3) is 0 Å². The van der Waals surface area contributed by atoms with E-state index in [1.54, 1.807) is 0 Å². The van der Waals surface area contributed by atoms with Crippen LogP contribution in [-0.4, -0.2) is 17.0 Å². The van der Waals surface area contributed by atoms with Crippen molar-refractivity contribution in [3.05, 3.63) is 27.9 Å². The van der Waals surface area contributed by atoms with Crippen molar-refractivity contribution in [1.82, 2.24) is 4.98 Å². The highest BCUT2D eigenvalue weighted by Gasteiger charge is 2.23. The summed E-state index contributed by atoms with van der Waals surface area (Å²) in [5.41, 5.74) is -0.741. The fraction of sp³-hybridized carbons (Fsp3) is 0.286. The van der Waals surface area contributed by atoms with Crippen molar-refractivity contribution in [3.63, 3.8) is 0 Å². The number of hydrogen-bond donors (Lipinski definition) is 0. The Morgan fingerprint density at radius 2 is 2.29 bits per heavy atom. The molecule has 7 heteroatoms. The van der Waals surface area contributed by atoms with Gasteiger partial charge in [0.05, 0.1) is 7.11 Å². The summed E-state index contributed by atoms with van der Waals surface area (Å²) in [5.74, 6) is -0.785. The Bertz CT molecular complexity index is 357. The van der Waals surface area contributed by atoms with Crippen molar-refractivity contribution in [2.75, 3.05) is 7.11 Å². The largest absolute Gasteiger partial charge is 0.493 e. The molecule has 0 saturated carbocycles. The summed E-state index contributed by atoms with van der Waals surface area (Å²) in [6, 6.07) is 0.899. The number of halogens is 2. The Labute approximate surface area is 77.5 Å². The van der Waals surface area contributed by atoms with Gasteiger partial charge in [-0.05, 0) is 9.91 Å². The first kappa shape index (κ1) is 10.3. The van der Waals surface area contributed by atoms with Gasteiger partial charge in [0, 0.05) is 6.07 Å². The maximum absolute atomic E-state index is 12.3. The van der Waals surface area contributed by atoms with E-state index >= 15 is 0 Å². The zero-order valence-electron chi connectivity index (χ0n) is 7.11. The molecule has 0 atom stereocenters. The third kappa shape index (κ3) is 1.93. The molecule has 0 aliphatic rings. The van der Waals surface area contributed by atoms with Crippen LogP contribution in [-0.2, 0) is 0 Å². The molecule has 0 saturated heterocycles. The maximum atomic E-state index is 12.3. The molecule has 0 aromatic carbocycles. The molecule has 0 aliphatic heterocycles. The number of nitrogens with zero attached hydrogens (tertiary/aromatic N) is 2. The predicted octanol–water partition coefficient (Wildman–Crippen LogP) is 1.94. The molecule has 0 aliphatic carbocycles. The van der Waals surface area contributed by atoms with E-state index in [1.165, 1.54) is 7.11 Å². The molecule has 0 fully saturated rings. The smallest absolute Gasteiger partial charge is 0.372 e. The van der Waals surface area contributed by atoms with E-state index in [2.05, 4.69) is 9.72 Å². The van der Waals surface area contributed by atoms with Gasteiger partial charge in [-0.3, -0.25) is 0 Å². The Balaban J connectivity index is 3.24. The number of methoxy groups -OCH3 is 1. The van der Waals surface area contributed by atoms with Gasteiger partial charge in [0.1, 0.15) is 5.56 Å². The lowest BCUT2D eigenvalue weighted by Crippen LogP contribution is -1.99. The average Bonchev–Trinajstić information content (AvgIpc) is 2.16. The van der Waals surface area contributed by atoms with Gasteiger partial charge < -0.3 is 14.9 Å². The first-order valence-electron chi connectivity index (χ1n) is 3.52. The van der Waals surface area contributed by atoms with E-state index < -0.39 is 22.7 Å². The molecule has 1 aromatic rings. The van der Waals surface area contributed by atoms with Crippen LogP contribution in [0.4, 0.5) is 14.6 Å². The molecule has 0 unspecified atom stereocenters. The molecule has 0 bridgehead atoms. The summed E-state index contributed by atoms with van der Waals surface area (Å²) >= 11 is 0. The number of pyridine rings is 1. The number of rotatable bonds is 3. The van der Waals surface area contributed by atoms with Crippen LogP contribution in [0.5, 0.6) is 5.75 Å². The lowest BCUT2D eigenvalue weighted by molar-refractivity contribution is -0.391. The third-order valence-corrected chi connectivity index (χ3v) is 1.51. The van der Waals surface area contributed by atoms with Gasteiger partial charge in [-0.25, -0.2) is 8.78 Å². The molecule has 0 radical (unpaired) electrons. The molecule has 14 heavy (non-hydrogen) atoms. The van der Waals surface area contributed by atoms with Crippen molar-refractivity contribution in [3.8, 4) is 5.75 Å². The van der Waals surface area contributed by atoms with Crippen molar-refractivity contribution in [2.24, 2.45) is 0 Å². The SMILES string of the molecule is COc1cnc([N+](=O)[O-])c(C(F)F)c1. The normalized spacial score (nSPS) is 10.3. The molecular weight excluding hydrogens is 198 g/mol. The van der Waals surface area contributed by atoms with Crippen LogP contribution in [0.1, 0.15) is 12.0 Å². The highest BCUT2D eigenvalue weighted by Crippen LogP contribution is 2.29. The number of hydrogen-bond acceptors (Lipinski definition) is 4. The minimum atomic E-state index is -2.95. The predicted molar refractivity (Wildman–Crippen MR) is 42.4 cm³/mol. The van der Waals surface area contributed by atoms with Crippen molar-refractivity contribution < 1.29 is 18.4 Å². The van der Waals surface area contributed by atoms with Gasteiger partial charge in [0.2, 0.25) is 0 Å². The minimum Gasteiger partial charge on any atom is -0.493 e.